The van der Waals surface area contributed by atoms with Gasteiger partial charge in [0.05, 0.1) is 34.1 Å². The van der Waals surface area contributed by atoms with Crippen LogP contribution in [-0.2, 0) is 19.5 Å². The molecule has 0 saturated carbocycles. The van der Waals surface area contributed by atoms with E-state index >= 15 is 0 Å². The maximum absolute atomic E-state index is 9.92. The van der Waals surface area contributed by atoms with Gasteiger partial charge in [-0.3, -0.25) is 24.8 Å². The van der Waals surface area contributed by atoms with E-state index in [4.69, 9.17) is 26.6 Å². The SMILES string of the molecule is Cc1c(Cc2nccc3cc(CN4CC[C@H](O)C4)cnc23)cccc1-c1cccc(Nc2nccc3cc(CN4CC[C@@H](O)C4)cnc23)c1Cl. The highest BCUT2D eigenvalue weighted by molar-refractivity contribution is 6.36. The number of pyridine rings is 4. The summed E-state index contributed by atoms with van der Waals surface area (Å²) in [6.45, 7) is 6.89. The summed E-state index contributed by atoms with van der Waals surface area (Å²) in [5.41, 5.74) is 9.90. The van der Waals surface area contributed by atoms with Gasteiger partial charge in [0.1, 0.15) is 5.52 Å². The molecule has 2 saturated heterocycles. The summed E-state index contributed by atoms with van der Waals surface area (Å²) in [6, 6.07) is 20.7. The lowest BCUT2D eigenvalue weighted by molar-refractivity contribution is 0.174. The van der Waals surface area contributed by atoms with Gasteiger partial charge in [0.15, 0.2) is 5.82 Å². The summed E-state index contributed by atoms with van der Waals surface area (Å²) >= 11 is 7.15. The molecule has 2 atom stereocenters. The molecule has 50 heavy (non-hydrogen) atoms. The van der Waals surface area contributed by atoms with Crippen molar-refractivity contribution in [2.24, 2.45) is 0 Å². The predicted molar refractivity (Wildman–Crippen MR) is 199 cm³/mol. The monoisotopic (exact) mass is 685 g/mol. The molecule has 9 nitrogen and oxygen atoms in total. The summed E-state index contributed by atoms with van der Waals surface area (Å²) in [7, 11) is 0. The maximum Gasteiger partial charge on any atom is 0.156 e. The van der Waals surface area contributed by atoms with Crippen molar-refractivity contribution in [3.63, 3.8) is 0 Å². The average molecular weight is 686 g/mol. The Balaban J connectivity index is 1.03. The second-order valence-electron chi connectivity index (χ2n) is 13.7. The van der Waals surface area contributed by atoms with Gasteiger partial charge in [0.25, 0.3) is 0 Å². The number of fused-ring (bicyclic) bond motifs is 2. The largest absolute Gasteiger partial charge is 0.392 e. The van der Waals surface area contributed by atoms with Crippen LogP contribution < -0.4 is 5.32 Å². The molecule has 6 heterocycles. The number of likely N-dealkylation sites (tertiary alicyclic amines) is 2. The van der Waals surface area contributed by atoms with Gasteiger partial charge >= 0.3 is 0 Å². The third kappa shape index (κ3) is 6.80. The Morgan fingerprint density at radius 3 is 2.06 bits per heavy atom. The molecule has 3 N–H and O–H groups in total. The van der Waals surface area contributed by atoms with Crippen molar-refractivity contribution < 1.29 is 10.2 Å². The summed E-state index contributed by atoms with van der Waals surface area (Å²) < 4.78 is 0. The topological polar surface area (TPSA) is 111 Å². The van der Waals surface area contributed by atoms with E-state index in [0.717, 1.165) is 106 Å². The van der Waals surface area contributed by atoms with Gasteiger partial charge < -0.3 is 15.5 Å². The maximum atomic E-state index is 9.92. The quantitative estimate of drug-likeness (QED) is 0.154. The predicted octanol–water partition coefficient (Wildman–Crippen LogP) is 6.67. The summed E-state index contributed by atoms with van der Waals surface area (Å²) in [6.07, 6.45) is 9.30. The second kappa shape index (κ2) is 14.0. The number of aromatic nitrogens is 4. The lowest BCUT2D eigenvalue weighted by atomic mass is 9.93. The number of benzene rings is 2. The summed E-state index contributed by atoms with van der Waals surface area (Å²) in [5, 5.41) is 26.0. The number of nitrogens with zero attached hydrogens (tertiary/aromatic N) is 6. The number of halogens is 1. The average Bonchev–Trinajstić information content (AvgIpc) is 3.73. The molecule has 0 amide bonds. The minimum atomic E-state index is -0.245. The standard InChI is InChI=1S/C40H40ClN7O2/c1-25-28(18-36-38-29(8-12-42-36)16-26(19-44-38)21-47-14-10-31(49)23-47)4-2-5-33(25)34-6-3-7-35(37(34)41)46-40-39-30(9-13-43-40)17-27(20-45-39)22-48-15-11-32(50)24-48/h2-9,12-13,16-17,19-20,31-32,49-50H,10-11,14-15,18,21-24H2,1H3,(H,43,46)/t31-,32+/m0/s1. The molecular weight excluding hydrogens is 646 g/mol. The van der Waals surface area contributed by atoms with Crippen molar-refractivity contribution in [3.8, 4) is 11.1 Å². The van der Waals surface area contributed by atoms with Crippen LogP contribution in [0.2, 0.25) is 5.02 Å². The van der Waals surface area contributed by atoms with Crippen LogP contribution in [0.5, 0.6) is 0 Å². The first-order chi connectivity index (χ1) is 24.4. The van der Waals surface area contributed by atoms with E-state index in [9.17, 15) is 10.2 Å². The first kappa shape index (κ1) is 32.7. The van der Waals surface area contributed by atoms with Crippen molar-refractivity contribution in [2.45, 2.75) is 51.5 Å². The summed E-state index contributed by atoms with van der Waals surface area (Å²) in [4.78, 5) is 23.6. The molecule has 2 aliphatic rings. The van der Waals surface area contributed by atoms with E-state index < -0.39 is 0 Å². The van der Waals surface area contributed by atoms with E-state index in [1.165, 1.54) is 0 Å². The zero-order chi connectivity index (χ0) is 34.2. The highest BCUT2D eigenvalue weighted by Gasteiger charge is 2.22. The Morgan fingerprint density at radius 1 is 0.760 bits per heavy atom. The molecule has 8 rings (SSSR count). The Hall–Kier alpha value is -4.51. The Labute approximate surface area is 296 Å². The van der Waals surface area contributed by atoms with Crippen LogP contribution in [-0.4, -0.2) is 78.3 Å². The zero-order valence-electron chi connectivity index (χ0n) is 28.1. The molecule has 0 aliphatic carbocycles. The van der Waals surface area contributed by atoms with Gasteiger partial charge in [-0.05, 0) is 77.9 Å². The number of aliphatic hydroxyl groups is 2. The van der Waals surface area contributed by atoms with Crippen molar-refractivity contribution in [1.29, 1.82) is 0 Å². The van der Waals surface area contributed by atoms with Gasteiger partial charge in [-0.1, -0.05) is 41.9 Å². The molecule has 2 aliphatic heterocycles. The van der Waals surface area contributed by atoms with Gasteiger partial charge in [-0.25, -0.2) is 4.98 Å². The van der Waals surface area contributed by atoms with E-state index in [1.807, 2.05) is 42.9 Å². The van der Waals surface area contributed by atoms with Crippen molar-refractivity contribution in [1.82, 2.24) is 29.7 Å². The lowest BCUT2D eigenvalue weighted by Gasteiger charge is -2.17. The Bertz CT molecular complexity index is 2040. The van der Waals surface area contributed by atoms with Crippen molar-refractivity contribution >= 4 is 44.9 Å². The fourth-order valence-electron chi connectivity index (χ4n) is 7.40. The number of nitrogens with one attached hydrogen (secondary N) is 1. The fourth-order valence-corrected chi connectivity index (χ4v) is 7.68. The highest BCUT2D eigenvalue weighted by atomic mass is 35.5. The van der Waals surface area contributed by atoms with Crippen molar-refractivity contribution in [2.75, 3.05) is 31.5 Å². The van der Waals surface area contributed by atoms with Crippen molar-refractivity contribution in [3.05, 3.63) is 118 Å². The summed E-state index contributed by atoms with van der Waals surface area (Å²) in [5.74, 6) is 0.644. The Kier molecular flexibility index (Phi) is 9.16. The number of aliphatic hydroxyl groups excluding tert-OH is 2. The van der Waals surface area contributed by atoms with Gasteiger partial charge in [-0.2, -0.15) is 0 Å². The van der Waals surface area contributed by atoms with Crippen LogP contribution in [0.25, 0.3) is 32.9 Å². The third-order valence-electron chi connectivity index (χ3n) is 10.0. The van der Waals surface area contributed by atoms with Crippen LogP contribution in [0.15, 0.2) is 85.5 Å². The number of hydrogen-bond donors (Lipinski definition) is 3. The molecule has 0 spiro atoms. The highest BCUT2D eigenvalue weighted by Crippen LogP contribution is 2.38. The molecule has 4 aromatic heterocycles. The molecule has 0 bridgehead atoms. The van der Waals surface area contributed by atoms with E-state index in [0.29, 0.717) is 30.4 Å². The van der Waals surface area contributed by atoms with Gasteiger partial charge in [0, 0.05) is 86.8 Å². The number of anilines is 2. The minimum Gasteiger partial charge on any atom is -0.392 e. The van der Waals surface area contributed by atoms with Crippen LogP contribution in [0.1, 0.15) is 40.8 Å². The number of rotatable bonds is 9. The van der Waals surface area contributed by atoms with E-state index in [1.54, 1.807) is 6.20 Å². The van der Waals surface area contributed by atoms with Gasteiger partial charge in [-0.15, -0.1) is 0 Å². The van der Waals surface area contributed by atoms with Crippen LogP contribution >= 0.6 is 11.6 Å². The fraction of sp³-hybridized carbons (Fsp3) is 0.300. The number of β-amino-alcohol motifs (C(OH)–C–C–N with tert-alkyl or cyclic N) is 2. The van der Waals surface area contributed by atoms with E-state index in [-0.39, 0.29) is 12.2 Å². The van der Waals surface area contributed by atoms with Gasteiger partial charge in [0.2, 0.25) is 0 Å². The van der Waals surface area contributed by atoms with Crippen LogP contribution in [0.3, 0.4) is 0 Å². The molecule has 2 fully saturated rings. The Morgan fingerprint density at radius 2 is 1.38 bits per heavy atom. The zero-order valence-corrected chi connectivity index (χ0v) is 28.8. The molecule has 6 aromatic rings. The lowest BCUT2D eigenvalue weighted by Crippen LogP contribution is -2.21. The second-order valence-corrected chi connectivity index (χ2v) is 14.0. The minimum absolute atomic E-state index is 0.234. The van der Waals surface area contributed by atoms with E-state index in [2.05, 4.69) is 63.4 Å². The van der Waals surface area contributed by atoms with Crippen LogP contribution in [0, 0.1) is 6.92 Å². The molecule has 254 valence electrons. The molecular formula is C40H40ClN7O2. The smallest absolute Gasteiger partial charge is 0.156 e. The molecule has 2 aromatic carbocycles. The molecule has 10 heteroatoms. The normalized spacial score (nSPS) is 18.4. The third-order valence-corrected chi connectivity index (χ3v) is 10.4. The molecule has 0 unspecified atom stereocenters. The molecule has 0 radical (unpaired) electrons. The van der Waals surface area contributed by atoms with Crippen LogP contribution in [0.4, 0.5) is 11.5 Å². The first-order valence-electron chi connectivity index (χ1n) is 17.3. The first-order valence-corrected chi connectivity index (χ1v) is 17.7. The number of hydrogen-bond acceptors (Lipinski definition) is 9.